The van der Waals surface area contributed by atoms with Crippen LogP contribution in [0.5, 0.6) is 10.9 Å². The summed E-state index contributed by atoms with van der Waals surface area (Å²) in [6.45, 7) is 0.328. The molecule has 0 fully saturated rings. The SMILES string of the molecule is Cn1cccc(C(=O)NCc2ccc(Oc3nccs3)cc2)c1=O. The summed E-state index contributed by atoms with van der Waals surface area (Å²) in [7, 11) is 1.61. The average molecular weight is 341 g/mol. The van der Waals surface area contributed by atoms with Crippen molar-refractivity contribution < 1.29 is 9.53 Å². The third-order valence-corrected chi connectivity index (χ3v) is 4.01. The monoisotopic (exact) mass is 341 g/mol. The second kappa shape index (κ2) is 7.10. The molecule has 0 unspecified atom stereocenters. The molecular formula is C17H15N3O3S. The summed E-state index contributed by atoms with van der Waals surface area (Å²) in [6.07, 6.45) is 3.29. The number of nitrogens with zero attached hydrogens (tertiary/aromatic N) is 2. The number of benzene rings is 1. The molecule has 3 aromatic rings. The Labute approximate surface area is 142 Å². The first kappa shape index (κ1) is 15.9. The van der Waals surface area contributed by atoms with Crippen LogP contribution in [-0.4, -0.2) is 15.5 Å². The van der Waals surface area contributed by atoms with Gasteiger partial charge < -0.3 is 14.6 Å². The summed E-state index contributed by atoms with van der Waals surface area (Å²) in [5.41, 5.74) is 0.716. The van der Waals surface area contributed by atoms with Gasteiger partial charge in [0.1, 0.15) is 11.3 Å². The van der Waals surface area contributed by atoms with E-state index in [9.17, 15) is 9.59 Å². The zero-order valence-corrected chi connectivity index (χ0v) is 13.7. The van der Waals surface area contributed by atoms with Crippen molar-refractivity contribution >= 4 is 17.2 Å². The Morgan fingerprint density at radius 2 is 2.08 bits per heavy atom. The number of hydrogen-bond donors (Lipinski definition) is 1. The molecule has 0 saturated carbocycles. The number of hydrogen-bond acceptors (Lipinski definition) is 5. The lowest BCUT2D eigenvalue weighted by Crippen LogP contribution is -2.31. The maximum Gasteiger partial charge on any atom is 0.278 e. The van der Waals surface area contributed by atoms with Gasteiger partial charge in [0, 0.05) is 31.4 Å². The molecule has 0 spiro atoms. The van der Waals surface area contributed by atoms with Crippen molar-refractivity contribution in [1.29, 1.82) is 0 Å². The largest absolute Gasteiger partial charge is 0.431 e. The van der Waals surface area contributed by atoms with E-state index in [1.165, 1.54) is 22.0 Å². The van der Waals surface area contributed by atoms with Gasteiger partial charge in [0.2, 0.25) is 0 Å². The van der Waals surface area contributed by atoms with Gasteiger partial charge in [-0.05, 0) is 29.8 Å². The molecule has 2 aromatic heterocycles. The zero-order valence-electron chi connectivity index (χ0n) is 12.9. The number of rotatable bonds is 5. The lowest BCUT2D eigenvalue weighted by atomic mass is 10.2. The Balaban J connectivity index is 1.61. The highest BCUT2D eigenvalue weighted by atomic mass is 32.1. The smallest absolute Gasteiger partial charge is 0.278 e. The van der Waals surface area contributed by atoms with Crippen LogP contribution in [0.1, 0.15) is 15.9 Å². The minimum Gasteiger partial charge on any atom is -0.431 e. The predicted molar refractivity (Wildman–Crippen MR) is 91.5 cm³/mol. The number of carbonyl (C=O) groups is 1. The Bertz CT molecular complexity index is 886. The highest BCUT2D eigenvalue weighted by molar-refractivity contribution is 7.11. The van der Waals surface area contributed by atoms with Crippen molar-refractivity contribution in [3.8, 4) is 10.9 Å². The van der Waals surface area contributed by atoms with Crippen molar-refractivity contribution in [2.45, 2.75) is 6.54 Å². The highest BCUT2D eigenvalue weighted by Gasteiger charge is 2.10. The lowest BCUT2D eigenvalue weighted by molar-refractivity contribution is 0.0949. The number of amides is 1. The highest BCUT2D eigenvalue weighted by Crippen LogP contribution is 2.23. The van der Waals surface area contributed by atoms with Crippen molar-refractivity contribution in [3.05, 3.63) is 75.7 Å². The number of pyridine rings is 1. The maximum atomic E-state index is 12.1. The fraction of sp³-hybridized carbons (Fsp3) is 0.118. The van der Waals surface area contributed by atoms with E-state index in [0.717, 1.165) is 5.56 Å². The summed E-state index contributed by atoms with van der Waals surface area (Å²) in [5.74, 6) is 0.288. The van der Waals surface area contributed by atoms with E-state index in [-0.39, 0.29) is 17.0 Å². The van der Waals surface area contributed by atoms with E-state index in [4.69, 9.17) is 4.74 Å². The molecule has 2 heterocycles. The number of nitrogens with one attached hydrogen (secondary N) is 1. The molecule has 0 radical (unpaired) electrons. The first-order chi connectivity index (χ1) is 11.6. The van der Waals surface area contributed by atoms with Crippen LogP contribution in [-0.2, 0) is 13.6 Å². The number of aromatic nitrogens is 2. The summed E-state index contributed by atoms with van der Waals surface area (Å²) in [6, 6.07) is 10.5. The molecule has 122 valence electrons. The van der Waals surface area contributed by atoms with Gasteiger partial charge in [0.15, 0.2) is 0 Å². The number of ether oxygens (including phenoxy) is 1. The van der Waals surface area contributed by atoms with Gasteiger partial charge in [0.25, 0.3) is 16.7 Å². The third-order valence-electron chi connectivity index (χ3n) is 3.36. The molecule has 7 heteroatoms. The lowest BCUT2D eigenvalue weighted by Gasteiger charge is -2.07. The van der Waals surface area contributed by atoms with Crippen LogP contribution in [0, 0.1) is 0 Å². The van der Waals surface area contributed by atoms with Crippen molar-refractivity contribution in [3.63, 3.8) is 0 Å². The first-order valence-electron chi connectivity index (χ1n) is 7.23. The third kappa shape index (κ3) is 3.69. The van der Waals surface area contributed by atoms with E-state index in [1.54, 1.807) is 25.5 Å². The van der Waals surface area contributed by atoms with E-state index >= 15 is 0 Å². The molecule has 0 atom stereocenters. The normalized spacial score (nSPS) is 10.4. The van der Waals surface area contributed by atoms with Gasteiger partial charge in [-0.15, -0.1) is 0 Å². The van der Waals surface area contributed by atoms with Crippen LogP contribution in [0.3, 0.4) is 0 Å². The van der Waals surface area contributed by atoms with Crippen LogP contribution in [0.4, 0.5) is 0 Å². The number of aryl methyl sites for hydroxylation is 1. The van der Waals surface area contributed by atoms with Crippen LogP contribution in [0.15, 0.2) is 59.0 Å². The Hall–Kier alpha value is -2.93. The van der Waals surface area contributed by atoms with Gasteiger partial charge in [-0.25, -0.2) is 4.98 Å². The van der Waals surface area contributed by atoms with Crippen LogP contribution < -0.4 is 15.6 Å². The van der Waals surface area contributed by atoms with Gasteiger partial charge in [-0.1, -0.05) is 23.5 Å². The summed E-state index contributed by atoms with van der Waals surface area (Å²) in [4.78, 5) is 28.1. The molecule has 0 aliphatic rings. The Morgan fingerprint density at radius 1 is 1.29 bits per heavy atom. The standard InChI is InChI=1S/C17H15N3O3S/c1-20-9-2-3-14(16(20)22)15(21)19-11-12-4-6-13(7-5-12)23-17-18-8-10-24-17/h2-10H,11H2,1H3,(H,19,21). The molecule has 1 aromatic carbocycles. The molecule has 0 bridgehead atoms. The van der Waals surface area contributed by atoms with Crippen molar-refractivity contribution in [1.82, 2.24) is 14.9 Å². The molecule has 24 heavy (non-hydrogen) atoms. The number of thiazole rings is 1. The van der Waals surface area contributed by atoms with Crippen molar-refractivity contribution in [2.75, 3.05) is 0 Å². The molecule has 0 saturated heterocycles. The van der Waals surface area contributed by atoms with Crippen LogP contribution >= 0.6 is 11.3 Å². The van der Waals surface area contributed by atoms with Gasteiger partial charge in [-0.3, -0.25) is 9.59 Å². The summed E-state index contributed by atoms with van der Waals surface area (Å²) >= 11 is 1.41. The maximum absolute atomic E-state index is 12.1. The first-order valence-corrected chi connectivity index (χ1v) is 8.11. The quantitative estimate of drug-likeness (QED) is 0.774. The Morgan fingerprint density at radius 3 is 2.79 bits per heavy atom. The fourth-order valence-corrected chi connectivity index (χ4v) is 2.59. The zero-order chi connectivity index (χ0) is 16.9. The number of carbonyl (C=O) groups excluding carboxylic acids is 1. The van der Waals surface area contributed by atoms with Crippen LogP contribution in [0.2, 0.25) is 0 Å². The summed E-state index contributed by atoms with van der Waals surface area (Å²) < 4.78 is 6.95. The van der Waals surface area contributed by atoms with E-state index in [2.05, 4.69) is 10.3 Å². The molecule has 6 nitrogen and oxygen atoms in total. The molecule has 0 aliphatic carbocycles. The van der Waals surface area contributed by atoms with Crippen LogP contribution in [0.25, 0.3) is 0 Å². The minimum atomic E-state index is -0.390. The van der Waals surface area contributed by atoms with Gasteiger partial charge in [-0.2, -0.15) is 0 Å². The molecule has 3 rings (SSSR count). The molecular weight excluding hydrogens is 326 g/mol. The minimum absolute atomic E-state index is 0.128. The summed E-state index contributed by atoms with van der Waals surface area (Å²) in [5, 5.41) is 5.16. The fourth-order valence-electron chi connectivity index (χ4n) is 2.08. The topological polar surface area (TPSA) is 73.2 Å². The molecule has 1 N–H and O–H groups in total. The van der Waals surface area contributed by atoms with E-state index in [0.29, 0.717) is 17.5 Å². The average Bonchev–Trinajstić information content (AvgIpc) is 3.09. The van der Waals surface area contributed by atoms with Gasteiger partial charge >= 0.3 is 0 Å². The Kier molecular flexibility index (Phi) is 4.72. The van der Waals surface area contributed by atoms with E-state index < -0.39 is 0 Å². The van der Waals surface area contributed by atoms with Gasteiger partial charge in [0.05, 0.1) is 0 Å². The molecule has 1 amide bonds. The second-order valence-electron chi connectivity index (χ2n) is 5.06. The van der Waals surface area contributed by atoms with Crippen molar-refractivity contribution in [2.24, 2.45) is 7.05 Å². The predicted octanol–water partition coefficient (Wildman–Crippen LogP) is 2.56. The second-order valence-corrected chi connectivity index (χ2v) is 5.92. The van der Waals surface area contributed by atoms with E-state index in [1.807, 2.05) is 29.6 Å². The molecule has 0 aliphatic heterocycles.